The fourth-order valence-electron chi connectivity index (χ4n) is 2.99. The highest BCUT2D eigenvalue weighted by molar-refractivity contribution is 5.99. The molecule has 2 aromatic heterocycles. The van der Waals surface area contributed by atoms with Crippen molar-refractivity contribution in [1.29, 1.82) is 0 Å². The topological polar surface area (TPSA) is 173 Å². The van der Waals surface area contributed by atoms with Gasteiger partial charge in [0.25, 0.3) is 5.91 Å². The molecular formula is C21H18N8O5. The van der Waals surface area contributed by atoms with Crippen LogP contribution in [0.4, 0.5) is 5.82 Å². The molecule has 34 heavy (non-hydrogen) atoms. The number of hydrogen-bond donors (Lipinski definition) is 2. The fourth-order valence-corrected chi connectivity index (χ4v) is 2.99. The lowest BCUT2D eigenvalue weighted by atomic mass is 10.1. The molecule has 0 fully saturated rings. The third-order valence-electron chi connectivity index (χ3n) is 4.64. The van der Waals surface area contributed by atoms with Gasteiger partial charge in [-0.2, -0.15) is 9.78 Å². The van der Waals surface area contributed by atoms with Crippen molar-refractivity contribution < 1.29 is 23.7 Å². The number of amides is 1. The van der Waals surface area contributed by atoms with E-state index in [1.54, 1.807) is 48.5 Å². The van der Waals surface area contributed by atoms with Crippen LogP contribution in [0.15, 0.2) is 58.3 Å². The summed E-state index contributed by atoms with van der Waals surface area (Å²) in [6, 6.07) is 13.4. The van der Waals surface area contributed by atoms with Gasteiger partial charge in [0.2, 0.25) is 11.6 Å². The number of nitrogens with one attached hydrogen (secondary N) is 1. The molecule has 13 heteroatoms. The summed E-state index contributed by atoms with van der Waals surface area (Å²) in [5.74, 6) is -0.501. The van der Waals surface area contributed by atoms with Crippen molar-refractivity contribution >= 4 is 23.9 Å². The number of carbonyl (C=O) groups excluding carboxylic acids is 2. The molecule has 2 aromatic carbocycles. The van der Waals surface area contributed by atoms with E-state index in [0.29, 0.717) is 22.4 Å². The van der Waals surface area contributed by atoms with Crippen LogP contribution in [0.25, 0.3) is 17.1 Å². The number of nitrogen functional groups attached to an aromatic ring is 1. The number of carbonyl (C=O) groups is 2. The van der Waals surface area contributed by atoms with Gasteiger partial charge >= 0.3 is 5.97 Å². The molecule has 4 aromatic rings. The van der Waals surface area contributed by atoms with Crippen LogP contribution in [-0.4, -0.2) is 57.6 Å². The van der Waals surface area contributed by atoms with E-state index in [1.807, 2.05) is 0 Å². The second kappa shape index (κ2) is 9.60. The Morgan fingerprint density at radius 3 is 2.62 bits per heavy atom. The minimum absolute atomic E-state index is 0.0329. The molecule has 0 radical (unpaired) electrons. The average molecular weight is 462 g/mol. The zero-order chi connectivity index (χ0) is 24.1. The number of nitrogens with zero attached hydrogens (tertiary/aromatic N) is 6. The standard InChI is InChI=1S/C21H18N8O5/c1-32-15-5-3-4-14(10-15)17-16(24-28-29(17)19-18(22)26-34-27-19)20(30)25-23-11-12-6-8-13(9-7-12)21(31)33-2/h3-11H,1-2H3,(H2,22,26)(H,25,30)/b23-11+. The molecule has 0 spiro atoms. The van der Waals surface area contributed by atoms with Crippen molar-refractivity contribution in [1.82, 2.24) is 30.7 Å². The summed E-state index contributed by atoms with van der Waals surface area (Å²) in [5.41, 5.74) is 10.0. The summed E-state index contributed by atoms with van der Waals surface area (Å²) in [6.45, 7) is 0. The first-order valence-corrected chi connectivity index (χ1v) is 9.72. The maximum Gasteiger partial charge on any atom is 0.337 e. The molecular weight excluding hydrogens is 444 g/mol. The van der Waals surface area contributed by atoms with Gasteiger partial charge in [-0.15, -0.1) is 5.10 Å². The van der Waals surface area contributed by atoms with E-state index < -0.39 is 11.9 Å². The lowest BCUT2D eigenvalue weighted by molar-refractivity contribution is 0.0600. The Morgan fingerprint density at radius 2 is 1.94 bits per heavy atom. The van der Waals surface area contributed by atoms with Crippen LogP contribution in [-0.2, 0) is 4.74 Å². The van der Waals surface area contributed by atoms with E-state index in [-0.39, 0.29) is 23.0 Å². The number of anilines is 1. The molecule has 0 atom stereocenters. The van der Waals surface area contributed by atoms with Crippen LogP contribution in [0, 0.1) is 0 Å². The first-order valence-electron chi connectivity index (χ1n) is 9.72. The van der Waals surface area contributed by atoms with Gasteiger partial charge < -0.3 is 15.2 Å². The Labute approximate surface area is 192 Å². The van der Waals surface area contributed by atoms with Crippen molar-refractivity contribution in [2.24, 2.45) is 5.10 Å². The van der Waals surface area contributed by atoms with Crippen molar-refractivity contribution in [2.45, 2.75) is 0 Å². The van der Waals surface area contributed by atoms with Crippen LogP contribution in [0.3, 0.4) is 0 Å². The number of nitrogens with two attached hydrogens (primary N) is 1. The van der Waals surface area contributed by atoms with Gasteiger partial charge in [0.15, 0.2) is 5.69 Å². The lowest BCUT2D eigenvalue weighted by Crippen LogP contribution is -2.19. The van der Waals surface area contributed by atoms with Crippen LogP contribution in [0.1, 0.15) is 26.4 Å². The minimum Gasteiger partial charge on any atom is -0.497 e. The van der Waals surface area contributed by atoms with Crippen LogP contribution < -0.4 is 15.9 Å². The highest BCUT2D eigenvalue weighted by atomic mass is 16.6. The quantitative estimate of drug-likeness (QED) is 0.232. The van der Waals surface area contributed by atoms with Crippen molar-refractivity contribution in [3.8, 4) is 22.8 Å². The summed E-state index contributed by atoms with van der Waals surface area (Å²) in [5, 5.41) is 19.2. The van der Waals surface area contributed by atoms with E-state index >= 15 is 0 Å². The van der Waals surface area contributed by atoms with E-state index in [1.165, 1.54) is 25.1 Å². The van der Waals surface area contributed by atoms with E-state index in [9.17, 15) is 9.59 Å². The molecule has 0 saturated heterocycles. The number of methoxy groups -OCH3 is 2. The Morgan fingerprint density at radius 1 is 1.15 bits per heavy atom. The second-order valence-electron chi connectivity index (χ2n) is 6.72. The number of hydrazone groups is 1. The number of aromatic nitrogens is 5. The van der Waals surface area contributed by atoms with Gasteiger partial charge in [0.1, 0.15) is 11.4 Å². The van der Waals surface area contributed by atoms with Crippen LogP contribution in [0.5, 0.6) is 5.75 Å². The monoisotopic (exact) mass is 462 g/mol. The normalized spacial score (nSPS) is 10.9. The zero-order valence-electron chi connectivity index (χ0n) is 18.0. The molecule has 0 unspecified atom stereocenters. The molecule has 2 heterocycles. The molecule has 172 valence electrons. The summed E-state index contributed by atoms with van der Waals surface area (Å²) >= 11 is 0. The van der Waals surface area contributed by atoms with Crippen molar-refractivity contribution in [3.63, 3.8) is 0 Å². The number of hydrogen-bond acceptors (Lipinski definition) is 11. The average Bonchev–Trinajstić information content (AvgIpc) is 3.50. The predicted octanol–water partition coefficient (Wildman–Crippen LogP) is 1.46. The maximum atomic E-state index is 12.9. The van der Waals surface area contributed by atoms with Gasteiger partial charge in [-0.25, -0.2) is 14.8 Å². The number of esters is 1. The molecule has 0 bridgehead atoms. The molecule has 0 aliphatic heterocycles. The maximum absolute atomic E-state index is 12.9. The Hall–Kier alpha value is -5.07. The number of benzene rings is 2. The molecule has 0 saturated carbocycles. The fraction of sp³-hybridized carbons (Fsp3) is 0.0952. The molecule has 0 aliphatic carbocycles. The summed E-state index contributed by atoms with van der Waals surface area (Å²) < 4.78 is 15.8. The van der Waals surface area contributed by atoms with Gasteiger partial charge in [0, 0.05) is 5.56 Å². The van der Waals surface area contributed by atoms with Crippen LogP contribution >= 0.6 is 0 Å². The van der Waals surface area contributed by atoms with Gasteiger partial charge in [0.05, 0.1) is 26.0 Å². The smallest absolute Gasteiger partial charge is 0.337 e. The van der Waals surface area contributed by atoms with Crippen LogP contribution in [0.2, 0.25) is 0 Å². The van der Waals surface area contributed by atoms with E-state index in [4.69, 9.17) is 10.5 Å². The van der Waals surface area contributed by atoms with E-state index in [0.717, 1.165) is 0 Å². The summed E-state index contributed by atoms with van der Waals surface area (Å²) in [4.78, 5) is 24.4. The van der Waals surface area contributed by atoms with Crippen molar-refractivity contribution in [3.05, 3.63) is 65.4 Å². The lowest BCUT2D eigenvalue weighted by Gasteiger charge is -2.07. The van der Waals surface area contributed by atoms with Gasteiger partial charge in [-0.3, -0.25) is 4.79 Å². The molecule has 1 amide bonds. The SMILES string of the molecule is COC(=O)c1ccc(/C=N/NC(=O)c2nnn(-c3nonc3N)c2-c2cccc(OC)c2)cc1. The Balaban J connectivity index is 1.62. The highest BCUT2D eigenvalue weighted by Crippen LogP contribution is 2.28. The molecule has 0 aliphatic rings. The largest absolute Gasteiger partial charge is 0.497 e. The number of rotatable bonds is 7. The zero-order valence-corrected chi connectivity index (χ0v) is 18.0. The molecule has 3 N–H and O–H groups in total. The predicted molar refractivity (Wildman–Crippen MR) is 118 cm³/mol. The summed E-state index contributed by atoms with van der Waals surface area (Å²) in [6.07, 6.45) is 1.41. The van der Waals surface area contributed by atoms with Gasteiger partial charge in [-0.1, -0.05) is 29.5 Å². The summed E-state index contributed by atoms with van der Waals surface area (Å²) in [7, 11) is 2.82. The molecule has 4 rings (SSSR count). The molecule has 13 nitrogen and oxygen atoms in total. The third-order valence-corrected chi connectivity index (χ3v) is 4.64. The second-order valence-corrected chi connectivity index (χ2v) is 6.72. The highest BCUT2D eigenvalue weighted by Gasteiger charge is 2.25. The van der Waals surface area contributed by atoms with Gasteiger partial charge in [-0.05, 0) is 40.1 Å². The first-order chi connectivity index (χ1) is 16.5. The Bertz CT molecular complexity index is 1360. The number of ether oxygens (including phenoxy) is 2. The van der Waals surface area contributed by atoms with E-state index in [2.05, 4.69) is 40.5 Å². The minimum atomic E-state index is -0.637. The third kappa shape index (κ3) is 4.43. The Kier molecular flexibility index (Phi) is 6.25. The van der Waals surface area contributed by atoms with Crippen molar-refractivity contribution in [2.75, 3.05) is 20.0 Å². The first kappa shape index (κ1) is 22.1.